The van der Waals surface area contributed by atoms with Gasteiger partial charge in [-0.2, -0.15) is 0 Å². The largest absolute Gasteiger partial charge is 0.344 e. The topological polar surface area (TPSA) is 73.0 Å². The predicted molar refractivity (Wildman–Crippen MR) is 84.6 cm³/mol. The molecule has 0 bridgehead atoms. The van der Waals surface area contributed by atoms with Crippen LogP contribution in [-0.2, 0) is 14.4 Å². The quantitative estimate of drug-likeness (QED) is 0.755. The van der Waals surface area contributed by atoms with Gasteiger partial charge in [0, 0.05) is 32.6 Å². The van der Waals surface area contributed by atoms with Gasteiger partial charge in [-0.25, -0.2) is 0 Å². The van der Waals surface area contributed by atoms with Crippen LogP contribution in [-0.4, -0.2) is 84.3 Å². The third-order valence-corrected chi connectivity index (χ3v) is 5.04. The van der Waals surface area contributed by atoms with Crippen LogP contribution in [0.2, 0.25) is 0 Å². The van der Waals surface area contributed by atoms with E-state index in [-0.39, 0.29) is 23.8 Å². The van der Waals surface area contributed by atoms with Gasteiger partial charge in [-0.3, -0.25) is 19.3 Å². The van der Waals surface area contributed by atoms with Crippen LogP contribution in [0.5, 0.6) is 0 Å². The number of carbonyl (C=O) groups is 3. The smallest absolute Gasteiger partial charge is 0.245 e. The standard InChI is InChI=1S/C16H26N4O3/c21-14-5-4-13(17-14)16(23)20-10-8-19(9-11-20)15(22)12-18-6-2-1-3-7-18/h13H,1-12H2,(H,17,21). The number of likely N-dealkylation sites (tertiary alicyclic amines) is 1. The monoisotopic (exact) mass is 322 g/mol. The predicted octanol–water partition coefficient (Wildman–Crippen LogP) is -0.578. The highest BCUT2D eigenvalue weighted by molar-refractivity contribution is 5.91. The first-order valence-electron chi connectivity index (χ1n) is 8.72. The molecule has 0 aromatic rings. The Balaban J connectivity index is 1.43. The average Bonchev–Trinajstić information content (AvgIpc) is 3.02. The van der Waals surface area contributed by atoms with E-state index in [9.17, 15) is 14.4 Å². The van der Waals surface area contributed by atoms with Crippen LogP contribution in [0.1, 0.15) is 32.1 Å². The maximum atomic E-state index is 12.4. The van der Waals surface area contributed by atoms with Crippen LogP contribution < -0.4 is 5.32 Å². The van der Waals surface area contributed by atoms with Gasteiger partial charge < -0.3 is 15.1 Å². The van der Waals surface area contributed by atoms with Gasteiger partial charge in [0.15, 0.2) is 0 Å². The molecule has 0 saturated carbocycles. The van der Waals surface area contributed by atoms with Gasteiger partial charge in [0.1, 0.15) is 6.04 Å². The molecule has 1 N–H and O–H groups in total. The Morgan fingerprint density at radius 1 is 0.957 bits per heavy atom. The van der Waals surface area contributed by atoms with E-state index < -0.39 is 0 Å². The van der Waals surface area contributed by atoms with Crippen molar-refractivity contribution in [1.82, 2.24) is 20.0 Å². The van der Waals surface area contributed by atoms with Crippen molar-refractivity contribution in [3.8, 4) is 0 Å². The first kappa shape index (κ1) is 16.2. The summed E-state index contributed by atoms with van der Waals surface area (Å²) in [5.74, 6) is 0.130. The molecule has 1 unspecified atom stereocenters. The fourth-order valence-electron chi connectivity index (χ4n) is 3.60. The van der Waals surface area contributed by atoms with E-state index in [1.807, 2.05) is 4.90 Å². The molecule has 3 fully saturated rings. The SMILES string of the molecule is O=C1CCC(C(=O)N2CCN(C(=O)CN3CCCCC3)CC2)N1. The Hall–Kier alpha value is -1.63. The molecule has 0 radical (unpaired) electrons. The normalized spacial score (nSPS) is 26.3. The van der Waals surface area contributed by atoms with E-state index in [1.54, 1.807) is 4.90 Å². The van der Waals surface area contributed by atoms with Crippen LogP contribution in [0.15, 0.2) is 0 Å². The fourth-order valence-corrected chi connectivity index (χ4v) is 3.60. The lowest BCUT2D eigenvalue weighted by molar-refractivity contribution is -0.141. The van der Waals surface area contributed by atoms with Gasteiger partial charge in [-0.05, 0) is 32.4 Å². The Bertz CT molecular complexity index is 468. The number of amides is 3. The van der Waals surface area contributed by atoms with Crippen LogP contribution in [0.25, 0.3) is 0 Å². The molecule has 0 aromatic heterocycles. The van der Waals surface area contributed by atoms with Gasteiger partial charge in [-0.1, -0.05) is 6.42 Å². The second-order valence-corrected chi connectivity index (χ2v) is 6.70. The summed E-state index contributed by atoms with van der Waals surface area (Å²) in [5.41, 5.74) is 0. The zero-order valence-electron chi connectivity index (χ0n) is 13.6. The van der Waals surface area contributed by atoms with Gasteiger partial charge >= 0.3 is 0 Å². The number of nitrogens with one attached hydrogen (secondary N) is 1. The summed E-state index contributed by atoms with van der Waals surface area (Å²) in [6.07, 6.45) is 4.66. The van der Waals surface area contributed by atoms with Crippen LogP contribution in [0.4, 0.5) is 0 Å². The number of nitrogens with zero attached hydrogens (tertiary/aromatic N) is 3. The van der Waals surface area contributed by atoms with Crippen LogP contribution in [0, 0.1) is 0 Å². The molecule has 0 aliphatic carbocycles. The fraction of sp³-hybridized carbons (Fsp3) is 0.812. The molecule has 3 aliphatic heterocycles. The minimum atomic E-state index is -0.363. The second-order valence-electron chi connectivity index (χ2n) is 6.70. The van der Waals surface area contributed by atoms with Crippen molar-refractivity contribution in [3.05, 3.63) is 0 Å². The van der Waals surface area contributed by atoms with E-state index in [2.05, 4.69) is 10.2 Å². The van der Waals surface area contributed by atoms with E-state index in [4.69, 9.17) is 0 Å². The zero-order valence-corrected chi connectivity index (χ0v) is 13.6. The molecule has 7 nitrogen and oxygen atoms in total. The minimum absolute atomic E-state index is 0.000945. The van der Waals surface area contributed by atoms with Gasteiger partial charge in [0.05, 0.1) is 6.54 Å². The average molecular weight is 322 g/mol. The summed E-state index contributed by atoms with van der Waals surface area (Å²) >= 11 is 0. The Labute approximate surface area is 137 Å². The summed E-state index contributed by atoms with van der Waals surface area (Å²) in [6, 6.07) is -0.363. The molecule has 128 valence electrons. The maximum Gasteiger partial charge on any atom is 0.245 e. The van der Waals surface area contributed by atoms with E-state index in [1.165, 1.54) is 19.3 Å². The van der Waals surface area contributed by atoms with Gasteiger partial charge in [0.25, 0.3) is 0 Å². The van der Waals surface area contributed by atoms with Crippen molar-refractivity contribution in [1.29, 1.82) is 0 Å². The van der Waals surface area contributed by atoms with Crippen molar-refractivity contribution in [3.63, 3.8) is 0 Å². The van der Waals surface area contributed by atoms with Crippen LogP contribution in [0.3, 0.4) is 0 Å². The summed E-state index contributed by atoms with van der Waals surface area (Å²) in [7, 11) is 0. The van der Waals surface area contributed by atoms with Crippen molar-refractivity contribution in [2.45, 2.75) is 38.1 Å². The van der Waals surface area contributed by atoms with Crippen molar-refractivity contribution in [2.75, 3.05) is 45.8 Å². The van der Waals surface area contributed by atoms with Gasteiger partial charge in [-0.15, -0.1) is 0 Å². The second kappa shape index (κ2) is 7.29. The molecular weight excluding hydrogens is 296 g/mol. The molecule has 1 atom stereocenters. The Kier molecular flexibility index (Phi) is 5.15. The highest BCUT2D eigenvalue weighted by atomic mass is 16.2. The maximum absolute atomic E-state index is 12.4. The molecule has 3 rings (SSSR count). The van der Waals surface area contributed by atoms with Crippen molar-refractivity contribution >= 4 is 17.7 Å². The molecular formula is C16H26N4O3. The summed E-state index contributed by atoms with van der Waals surface area (Å²) in [5, 5.41) is 2.72. The first-order valence-corrected chi connectivity index (χ1v) is 8.72. The van der Waals surface area contributed by atoms with E-state index in [0.29, 0.717) is 45.6 Å². The molecule has 7 heteroatoms. The lowest BCUT2D eigenvalue weighted by Gasteiger charge is -2.37. The van der Waals surface area contributed by atoms with E-state index >= 15 is 0 Å². The number of rotatable bonds is 3. The molecule has 0 aromatic carbocycles. The van der Waals surface area contributed by atoms with Crippen molar-refractivity contribution < 1.29 is 14.4 Å². The lowest BCUT2D eigenvalue weighted by Crippen LogP contribution is -2.55. The molecule has 23 heavy (non-hydrogen) atoms. The molecule has 3 aliphatic rings. The third-order valence-electron chi connectivity index (χ3n) is 5.04. The van der Waals surface area contributed by atoms with Crippen molar-refractivity contribution in [2.24, 2.45) is 0 Å². The summed E-state index contributed by atoms with van der Waals surface area (Å²) in [4.78, 5) is 41.8. The molecule has 3 heterocycles. The Morgan fingerprint density at radius 2 is 1.61 bits per heavy atom. The highest BCUT2D eigenvalue weighted by Gasteiger charge is 2.33. The number of hydrogen-bond acceptors (Lipinski definition) is 4. The first-order chi connectivity index (χ1) is 11.1. The van der Waals surface area contributed by atoms with Gasteiger partial charge in [0.2, 0.25) is 17.7 Å². The lowest BCUT2D eigenvalue weighted by atomic mass is 10.1. The van der Waals surface area contributed by atoms with Crippen LogP contribution >= 0.6 is 0 Å². The molecule has 0 spiro atoms. The number of hydrogen-bond donors (Lipinski definition) is 1. The number of piperidine rings is 1. The molecule has 3 amide bonds. The minimum Gasteiger partial charge on any atom is -0.344 e. The Morgan fingerprint density at radius 3 is 2.22 bits per heavy atom. The zero-order chi connectivity index (χ0) is 16.2. The summed E-state index contributed by atoms with van der Waals surface area (Å²) in [6.45, 7) is 4.87. The highest BCUT2D eigenvalue weighted by Crippen LogP contribution is 2.13. The van der Waals surface area contributed by atoms with E-state index in [0.717, 1.165) is 13.1 Å². The summed E-state index contributed by atoms with van der Waals surface area (Å²) < 4.78 is 0. The number of carbonyl (C=O) groups excluding carboxylic acids is 3. The molecule has 3 saturated heterocycles. The number of piperazine rings is 1. The third kappa shape index (κ3) is 4.02.